The van der Waals surface area contributed by atoms with Crippen LogP contribution in [-0.4, -0.2) is 43.2 Å². The predicted molar refractivity (Wildman–Crippen MR) is 158 cm³/mol. The first kappa shape index (κ1) is 29.1. The van der Waals surface area contributed by atoms with Gasteiger partial charge in [0.2, 0.25) is 15.9 Å². The van der Waals surface area contributed by atoms with Crippen LogP contribution in [0.5, 0.6) is 0 Å². The molecular formula is C28H27Cl3N4O3S. The van der Waals surface area contributed by atoms with E-state index < -0.39 is 15.9 Å². The van der Waals surface area contributed by atoms with Crippen LogP contribution in [0.15, 0.2) is 77.8 Å². The highest BCUT2D eigenvalue weighted by Crippen LogP contribution is 2.26. The van der Waals surface area contributed by atoms with Gasteiger partial charge in [0.05, 0.1) is 17.0 Å². The first-order valence-electron chi connectivity index (χ1n) is 12.2. The quantitative estimate of drug-likeness (QED) is 0.196. The second-order valence-corrected chi connectivity index (χ2v) is 12.2. The molecule has 0 saturated heterocycles. The van der Waals surface area contributed by atoms with E-state index in [4.69, 9.17) is 34.8 Å². The molecule has 0 aliphatic rings. The van der Waals surface area contributed by atoms with E-state index in [0.29, 0.717) is 40.1 Å². The zero-order valence-corrected chi connectivity index (χ0v) is 24.2. The Bertz CT molecular complexity index is 1580. The van der Waals surface area contributed by atoms with E-state index >= 15 is 0 Å². The Hall–Kier alpha value is -2.88. The fourth-order valence-electron chi connectivity index (χ4n) is 3.96. The summed E-state index contributed by atoms with van der Waals surface area (Å²) in [5.74, 6) is -0.417. The summed E-state index contributed by atoms with van der Waals surface area (Å²) in [6.45, 7) is 2.38. The number of sulfonamides is 1. The molecule has 1 aromatic heterocycles. The summed E-state index contributed by atoms with van der Waals surface area (Å²) < 4.78 is 28.1. The number of rotatable bonds is 11. The van der Waals surface area contributed by atoms with E-state index in [9.17, 15) is 13.2 Å². The number of carbonyl (C=O) groups is 1. The lowest BCUT2D eigenvalue weighted by molar-refractivity contribution is -0.121. The molecule has 0 unspecified atom stereocenters. The van der Waals surface area contributed by atoms with E-state index in [1.807, 2.05) is 25.1 Å². The van der Waals surface area contributed by atoms with Gasteiger partial charge >= 0.3 is 0 Å². The van der Waals surface area contributed by atoms with Crippen LogP contribution in [0.3, 0.4) is 0 Å². The van der Waals surface area contributed by atoms with Crippen LogP contribution < -0.4 is 10.6 Å². The Morgan fingerprint density at radius 1 is 0.923 bits per heavy atom. The number of aryl methyl sites for hydroxylation is 1. The second kappa shape index (κ2) is 13.0. The molecule has 1 amide bonds. The highest BCUT2D eigenvalue weighted by molar-refractivity contribution is 7.89. The van der Waals surface area contributed by atoms with Crippen LogP contribution in [0, 0.1) is 6.92 Å². The van der Waals surface area contributed by atoms with Crippen molar-refractivity contribution in [1.82, 2.24) is 14.6 Å². The Morgan fingerprint density at radius 2 is 1.64 bits per heavy atom. The third kappa shape index (κ3) is 7.62. The lowest BCUT2D eigenvalue weighted by atomic mass is 10.2. The average Bonchev–Trinajstić information content (AvgIpc) is 2.89. The molecule has 0 fully saturated rings. The number of anilines is 1. The average molecular weight is 606 g/mol. The maximum atomic E-state index is 13.5. The third-order valence-corrected chi connectivity index (χ3v) is 8.66. The topological polar surface area (TPSA) is 91.4 Å². The second-order valence-electron chi connectivity index (χ2n) is 8.97. The summed E-state index contributed by atoms with van der Waals surface area (Å²) in [5, 5.41) is 8.49. The molecule has 2 N–H and O–H groups in total. The zero-order valence-electron chi connectivity index (χ0n) is 21.1. The van der Waals surface area contributed by atoms with Crippen molar-refractivity contribution < 1.29 is 13.2 Å². The summed E-state index contributed by atoms with van der Waals surface area (Å²) in [5.41, 5.74) is 3.17. The molecule has 204 valence electrons. The molecule has 7 nitrogen and oxygen atoms in total. The third-order valence-electron chi connectivity index (χ3n) is 6.04. The van der Waals surface area contributed by atoms with E-state index in [-0.39, 0.29) is 18.0 Å². The summed E-state index contributed by atoms with van der Waals surface area (Å²) in [7, 11) is -3.98. The predicted octanol–water partition coefficient (Wildman–Crippen LogP) is 6.31. The maximum Gasteiger partial charge on any atom is 0.243 e. The molecule has 39 heavy (non-hydrogen) atoms. The summed E-state index contributed by atoms with van der Waals surface area (Å²) in [6, 6.07) is 18.7. The normalized spacial score (nSPS) is 11.6. The lowest BCUT2D eigenvalue weighted by Gasteiger charge is -2.22. The van der Waals surface area contributed by atoms with E-state index in [2.05, 4.69) is 15.6 Å². The molecule has 0 spiro atoms. The number of benzene rings is 3. The number of nitrogens with one attached hydrogen (secondary N) is 2. The SMILES string of the molecule is Cc1ccc(S(=O)(=O)N(CC(=O)NCCCNc2ccnc3cc(Cl)ccc23)Cc2ccc(Cl)cc2Cl)cc1. The van der Waals surface area contributed by atoms with Crippen LogP contribution in [0.4, 0.5) is 5.69 Å². The van der Waals surface area contributed by atoms with Crippen molar-refractivity contribution in [2.45, 2.75) is 24.8 Å². The van der Waals surface area contributed by atoms with Crippen molar-refractivity contribution in [2.75, 3.05) is 25.0 Å². The monoisotopic (exact) mass is 604 g/mol. The number of nitrogens with zero attached hydrogens (tertiary/aromatic N) is 2. The van der Waals surface area contributed by atoms with Gasteiger partial charge in [-0.05, 0) is 67.4 Å². The molecular weight excluding hydrogens is 579 g/mol. The smallest absolute Gasteiger partial charge is 0.243 e. The zero-order chi connectivity index (χ0) is 28.0. The largest absolute Gasteiger partial charge is 0.384 e. The number of carbonyl (C=O) groups excluding carboxylic acids is 1. The number of halogens is 3. The Morgan fingerprint density at radius 3 is 2.38 bits per heavy atom. The van der Waals surface area contributed by atoms with E-state index in [1.165, 1.54) is 12.1 Å². The van der Waals surface area contributed by atoms with Crippen LogP contribution in [0.25, 0.3) is 10.9 Å². The molecule has 0 aliphatic carbocycles. The Labute approximate surface area is 243 Å². The number of aromatic nitrogens is 1. The van der Waals surface area contributed by atoms with Gasteiger partial charge in [-0.25, -0.2) is 8.42 Å². The van der Waals surface area contributed by atoms with Gasteiger partial charge in [0.1, 0.15) is 0 Å². The van der Waals surface area contributed by atoms with Crippen molar-refractivity contribution in [3.05, 3.63) is 99.1 Å². The Balaban J connectivity index is 1.38. The van der Waals surface area contributed by atoms with Crippen molar-refractivity contribution in [3.63, 3.8) is 0 Å². The number of hydrogen-bond donors (Lipinski definition) is 2. The summed E-state index contributed by atoms with van der Waals surface area (Å²) >= 11 is 18.4. The fraction of sp³-hybridized carbons (Fsp3) is 0.214. The van der Waals surface area contributed by atoms with Gasteiger partial charge in [0, 0.05) is 52.0 Å². The summed E-state index contributed by atoms with van der Waals surface area (Å²) in [6.07, 6.45) is 2.33. The first-order chi connectivity index (χ1) is 18.6. The minimum atomic E-state index is -3.98. The van der Waals surface area contributed by atoms with Crippen LogP contribution in [-0.2, 0) is 21.4 Å². The van der Waals surface area contributed by atoms with Crippen LogP contribution >= 0.6 is 34.8 Å². The number of fused-ring (bicyclic) bond motifs is 1. The highest BCUT2D eigenvalue weighted by atomic mass is 35.5. The van der Waals surface area contributed by atoms with Gasteiger partial charge in [-0.2, -0.15) is 4.31 Å². The molecule has 3 aromatic carbocycles. The minimum absolute atomic E-state index is 0.0830. The molecule has 0 saturated carbocycles. The van der Waals surface area contributed by atoms with Crippen LogP contribution in [0.1, 0.15) is 17.5 Å². The Kier molecular flexibility index (Phi) is 9.69. The molecule has 4 rings (SSSR count). The molecule has 0 radical (unpaired) electrons. The van der Waals surface area contributed by atoms with Gasteiger partial charge in [-0.1, -0.05) is 58.6 Å². The molecule has 1 heterocycles. The summed E-state index contributed by atoms with van der Waals surface area (Å²) in [4.78, 5) is 17.3. The van der Waals surface area contributed by atoms with Gasteiger partial charge in [0.15, 0.2) is 0 Å². The number of hydrogen-bond acceptors (Lipinski definition) is 5. The van der Waals surface area contributed by atoms with E-state index in [1.54, 1.807) is 42.6 Å². The standard InChI is InChI=1S/C28H27Cl3N4O3S/c1-19-3-8-23(9-4-19)39(37,38)35(17-20-5-6-21(29)15-25(20)31)18-28(36)34-13-2-12-32-26-11-14-33-27-16-22(30)7-10-24(26)27/h3-11,14-16H,2,12-13,17-18H2,1H3,(H,32,33)(H,34,36). The molecule has 0 aliphatic heterocycles. The maximum absolute atomic E-state index is 13.5. The first-order valence-corrected chi connectivity index (χ1v) is 14.8. The van der Waals surface area contributed by atoms with Gasteiger partial charge < -0.3 is 10.6 Å². The van der Waals surface area contributed by atoms with Gasteiger partial charge in [0.25, 0.3) is 0 Å². The molecule has 0 atom stereocenters. The fourth-order valence-corrected chi connectivity index (χ4v) is 5.96. The van der Waals surface area contributed by atoms with Crippen molar-refractivity contribution in [2.24, 2.45) is 0 Å². The van der Waals surface area contributed by atoms with Crippen molar-refractivity contribution in [3.8, 4) is 0 Å². The van der Waals surface area contributed by atoms with Crippen molar-refractivity contribution in [1.29, 1.82) is 0 Å². The van der Waals surface area contributed by atoms with Crippen molar-refractivity contribution >= 4 is 67.3 Å². The molecule has 4 aromatic rings. The number of amides is 1. The minimum Gasteiger partial charge on any atom is -0.384 e. The van der Waals surface area contributed by atoms with Gasteiger partial charge in [-0.3, -0.25) is 9.78 Å². The number of pyridine rings is 1. The molecule has 11 heteroatoms. The lowest BCUT2D eigenvalue weighted by Crippen LogP contribution is -2.40. The van der Waals surface area contributed by atoms with Crippen LogP contribution in [0.2, 0.25) is 15.1 Å². The highest BCUT2D eigenvalue weighted by Gasteiger charge is 2.27. The van der Waals surface area contributed by atoms with E-state index in [0.717, 1.165) is 26.5 Å². The molecule has 0 bridgehead atoms. The van der Waals surface area contributed by atoms with Gasteiger partial charge in [-0.15, -0.1) is 0 Å².